The molecule has 1 aromatic carbocycles. The number of nitrogens with one attached hydrogen (secondary N) is 2. The monoisotopic (exact) mass is 363 g/mol. The van der Waals surface area contributed by atoms with E-state index in [-0.39, 0.29) is 11.3 Å². The molecular weight excluding hydrogens is 346 g/mol. The van der Waals surface area contributed by atoms with Gasteiger partial charge in [0.25, 0.3) is 11.5 Å². The van der Waals surface area contributed by atoms with Gasteiger partial charge in [-0.15, -0.1) is 0 Å². The summed E-state index contributed by atoms with van der Waals surface area (Å²) in [4.78, 5) is 45.7. The molecule has 0 aromatic heterocycles. The molecule has 0 radical (unpaired) electrons. The van der Waals surface area contributed by atoms with Crippen LogP contribution in [0.1, 0.15) is 20.8 Å². The number of rotatable bonds is 5. The predicted octanol–water partition coefficient (Wildman–Crippen LogP) is 1.23. The van der Waals surface area contributed by atoms with Gasteiger partial charge in [-0.1, -0.05) is 0 Å². The fraction of sp³-hybridized carbons (Fsp3) is 0.312. The Kier molecular flexibility index (Phi) is 5.24. The van der Waals surface area contributed by atoms with Crippen molar-refractivity contribution in [2.24, 2.45) is 0 Å². The van der Waals surface area contributed by atoms with Crippen molar-refractivity contribution in [1.29, 1.82) is 0 Å². The second-order valence-electron chi connectivity index (χ2n) is 5.92. The van der Waals surface area contributed by atoms with Crippen molar-refractivity contribution in [3.63, 3.8) is 0 Å². The molecule has 0 spiro atoms. The number of cyclic esters (lactones) is 2. The molecule has 1 saturated heterocycles. The van der Waals surface area contributed by atoms with Crippen LogP contribution in [-0.2, 0) is 23.9 Å². The molecule has 0 bridgehead atoms. The van der Waals surface area contributed by atoms with E-state index < -0.39 is 34.6 Å². The fourth-order valence-electron chi connectivity index (χ4n) is 1.98. The molecule has 1 amide bonds. The smallest absolute Gasteiger partial charge is 0.350 e. The summed E-state index contributed by atoms with van der Waals surface area (Å²) in [6.45, 7) is 4.35. The number of anilines is 1. The summed E-state index contributed by atoms with van der Waals surface area (Å²) < 4.78 is 9.86. The highest BCUT2D eigenvalue weighted by atomic mass is 16.7. The summed E-state index contributed by atoms with van der Waals surface area (Å²) in [7, 11) is 0. The number of non-ortho nitro benzene ring substituents is 1. The molecule has 10 nitrogen and oxygen atoms in total. The number of carbonyl (C=O) groups excluding carboxylic acids is 3. The minimum Gasteiger partial charge on any atom is -0.419 e. The predicted molar refractivity (Wildman–Crippen MR) is 88.7 cm³/mol. The molecule has 1 aromatic rings. The normalized spacial score (nSPS) is 16.8. The van der Waals surface area contributed by atoms with E-state index in [0.29, 0.717) is 5.69 Å². The first-order chi connectivity index (χ1) is 12.1. The van der Waals surface area contributed by atoms with Gasteiger partial charge in [0.15, 0.2) is 5.57 Å². The molecule has 1 heterocycles. The maximum absolute atomic E-state index is 12.1. The second-order valence-corrected chi connectivity index (χ2v) is 5.92. The standard InChI is InChI=1S/C16H17N3O7/c1-9(13(20)18-10-4-6-11(7-5-10)19(23)24)17-8-12-14(21)25-16(2,3)26-15(12)22/h4-9,17H,1-3H3,(H,18,20)/t9-/m0/s1. The van der Waals surface area contributed by atoms with Gasteiger partial charge in [-0.3, -0.25) is 14.9 Å². The van der Waals surface area contributed by atoms with Crippen LogP contribution in [0.4, 0.5) is 11.4 Å². The van der Waals surface area contributed by atoms with Crippen LogP contribution in [0.3, 0.4) is 0 Å². The van der Waals surface area contributed by atoms with Gasteiger partial charge in [0, 0.05) is 37.9 Å². The number of ether oxygens (including phenoxy) is 2. The third-order valence-corrected chi connectivity index (χ3v) is 3.33. The van der Waals surface area contributed by atoms with Gasteiger partial charge < -0.3 is 20.1 Å². The van der Waals surface area contributed by atoms with Crippen LogP contribution in [0, 0.1) is 10.1 Å². The SMILES string of the molecule is C[C@H](NC=C1C(=O)OC(C)(C)OC1=O)C(=O)Nc1ccc([N+](=O)[O-])cc1. The summed E-state index contributed by atoms with van der Waals surface area (Å²) in [5, 5.41) is 15.7. The lowest BCUT2D eigenvalue weighted by molar-refractivity contribution is -0.384. The maximum atomic E-state index is 12.1. The maximum Gasteiger partial charge on any atom is 0.350 e. The quantitative estimate of drug-likeness (QED) is 0.262. The number of esters is 2. The van der Waals surface area contributed by atoms with E-state index in [9.17, 15) is 24.5 Å². The van der Waals surface area contributed by atoms with Crippen LogP contribution >= 0.6 is 0 Å². The Bertz CT molecular complexity index is 762. The van der Waals surface area contributed by atoms with Crippen LogP contribution in [-0.4, -0.2) is 34.6 Å². The zero-order valence-electron chi connectivity index (χ0n) is 14.3. The van der Waals surface area contributed by atoms with Crippen LogP contribution in [0.2, 0.25) is 0 Å². The second kappa shape index (κ2) is 7.21. The largest absolute Gasteiger partial charge is 0.419 e. The minimum absolute atomic E-state index is 0.101. The molecule has 26 heavy (non-hydrogen) atoms. The van der Waals surface area contributed by atoms with E-state index >= 15 is 0 Å². The van der Waals surface area contributed by atoms with Gasteiger partial charge in [-0.05, 0) is 19.1 Å². The molecule has 0 saturated carbocycles. The van der Waals surface area contributed by atoms with Crippen molar-refractivity contribution < 1.29 is 28.8 Å². The molecule has 10 heteroatoms. The van der Waals surface area contributed by atoms with E-state index in [1.54, 1.807) is 0 Å². The lowest BCUT2D eigenvalue weighted by Gasteiger charge is -2.29. The van der Waals surface area contributed by atoms with E-state index in [1.165, 1.54) is 45.0 Å². The van der Waals surface area contributed by atoms with Gasteiger partial charge in [-0.2, -0.15) is 0 Å². The first-order valence-electron chi connectivity index (χ1n) is 7.57. The van der Waals surface area contributed by atoms with Crippen molar-refractivity contribution in [1.82, 2.24) is 5.32 Å². The lowest BCUT2D eigenvalue weighted by atomic mass is 10.2. The van der Waals surface area contributed by atoms with Crippen LogP contribution in [0.25, 0.3) is 0 Å². The van der Waals surface area contributed by atoms with Crippen LogP contribution < -0.4 is 10.6 Å². The van der Waals surface area contributed by atoms with Gasteiger partial charge in [0.05, 0.1) is 4.92 Å². The molecule has 1 fully saturated rings. The average Bonchev–Trinajstić information content (AvgIpc) is 2.53. The van der Waals surface area contributed by atoms with Crippen LogP contribution in [0.15, 0.2) is 36.0 Å². The summed E-state index contributed by atoms with van der Waals surface area (Å²) in [6.07, 6.45) is 1.06. The number of carbonyl (C=O) groups is 3. The Morgan fingerprint density at radius 1 is 1.19 bits per heavy atom. The van der Waals surface area contributed by atoms with Crippen LogP contribution in [0.5, 0.6) is 0 Å². The Hall–Kier alpha value is -3.43. The molecule has 0 unspecified atom stereocenters. The lowest BCUT2D eigenvalue weighted by Crippen LogP contribution is -2.43. The number of nitro groups is 1. The third-order valence-electron chi connectivity index (χ3n) is 3.33. The molecule has 1 atom stereocenters. The molecule has 1 aliphatic rings. The molecule has 138 valence electrons. The summed E-state index contributed by atoms with van der Waals surface area (Å²) >= 11 is 0. The van der Waals surface area contributed by atoms with E-state index in [4.69, 9.17) is 9.47 Å². The summed E-state index contributed by atoms with van der Waals surface area (Å²) in [6, 6.07) is 4.48. The van der Waals surface area contributed by atoms with Crippen molar-refractivity contribution >= 4 is 29.2 Å². The van der Waals surface area contributed by atoms with E-state index in [0.717, 1.165) is 6.20 Å². The van der Waals surface area contributed by atoms with Crippen molar-refractivity contribution in [2.75, 3.05) is 5.32 Å². The topological polar surface area (TPSA) is 137 Å². The average molecular weight is 363 g/mol. The number of nitro benzene ring substituents is 1. The fourth-order valence-corrected chi connectivity index (χ4v) is 1.98. The number of benzene rings is 1. The summed E-state index contributed by atoms with van der Waals surface area (Å²) in [5.74, 6) is -3.54. The van der Waals surface area contributed by atoms with E-state index in [1.807, 2.05) is 0 Å². The molecule has 1 aliphatic heterocycles. The molecular formula is C16H17N3O7. The number of amides is 1. The van der Waals surface area contributed by atoms with Gasteiger partial charge in [-0.25, -0.2) is 9.59 Å². The Morgan fingerprint density at radius 2 is 1.73 bits per heavy atom. The number of hydrogen-bond donors (Lipinski definition) is 2. The molecule has 0 aliphatic carbocycles. The van der Waals surface area contributed by atoms with Gasteiger partial charge >= 0.3 is 11.9 Å². The zero-order valence-corrected chi connectivity index (χ0v) is 14.3. The molecule has 2 rings (SSSR count). The van der Waals surface area contributed by atoms with E-state index in [2.05, 4.69) is 10.6 Å². The van der Waals surface area contributed by atoms with Gasteiger partial charge in [0.2, 0.25) is 5.91 Å². The highest BCUT2D eigenvalue weighted by Gasteiger charge is 2.39. The van der Waals surface area contributed by atoms with Gasteiger partial charge in [0.1, 0.15) is 6.04 Å². The third kappa shape index (κ3) is 4.56. The number of hydrogen-bond acceptors (Lipinski definition) is 8. The Morgan fingerprint density at radius 3 is 2.23 bits per heavy atom. The van der Waals surface area contributed by atoms with Crippen molar-refractivity contribution in [2.45, 2.75) is 32.6 Å². The van der Waals surface area contributed by atoms with Crippen molar-refractivity contribution in [3.05, 3.63) is 46.2 Å². The molecule has 2 N–H and O–H groups in total. The Labute approximate surface area is 148 Å². The zero-order chi connectivity index (χ0) is 19.5. The highest BCUT2D eigenvalue weighted by molar-refractivity contribution is 6.15. The Balaban J connectivity index is 1.97. The van der Waals surface area contributed by atoms with Crippen molar-refractivity contribution in [3.8, 4) is 0 Å². The summed E-state index contributed by atoms with van der Waals surface area (Å²) in [5.41, 5.74) is -0.101. The first kappa shape index (κ1) is 18.9. The number of nitrogens with zero attached hydrogens (tertiary/aromatic N) is 1. The highest BCUT2D eigenvalue weighted by Crippen LogP contribution is 2.22. The minimum atomic E-state index is -1.34. The first-order valence-corrected chi connectivity index (χ1v) is 7.57.